The number of benzene rings is 1. The number of nitrogens with two attached hydrogens (primary N) is 1. The first-order chi connectivity index (χ1) is 11.5. The smallest absolute Gasteiger partial charge is 0.402 e. The molecule has 1 heterocycles. The molecule has 2 rings (SSSR count). The molecule has 2 N–H and O–H groups in total. The summed E-state index contributed by atoms with van der Waals surface area (Å²) in [6, 6.07) is -0.181. The molecule has 0 radical (unpaired) electrons. The van der Waals surface area contributed by atoms with Crippen LogP contribution in [0.15, 0.2) is 12.1 Å². The highest BCUT2D eigenvalue weighted by Crippen LogP contribution is 2.44. The third kappa shape index (κ3) is 3.70. The monoisotopic (exact) mass is 387 g/mol. The maximum atomic E-state index is 14.3. The Balaban J connectivity index is 2.56. The molecule has 0 amide bonds. The van der Waals surface area contributed by atoms with Crippen LogP contribution < -0.4 is 5.73 Å². The van der Waals surface area contributed by atoms with Crippen molar-refractivity contribution in [3.05, 3.63) is 34.6 Å². The molecule has 1 aliphatic heterocycles. The number of rotatable bonds is 2. The Labute approximate surface area is 145 Å². The van der Waals surface area contributed by atoms with E-state index in [9.17, 15) is 30.7 Å². The van der Waals surface area contributed by atoms with Crippen LogP contribution in [-0.4, -0.2) is 18.3 Å². The van der Waals surface area contributed by atoms with E-state index in [1.165, 1.54) is 0 Å². The molecule has 1 aromatic rings. The Morgan fingerprint density at radius 2 is 1.38 bits per heavy atom. The van der Waals surface area contributed by atoms with E-state index in [-0.39, 0.29) is 12.1 Å². The van der Waals surface area contributed by atoms with Gasteiger partial charge in [0.2, 0.25) is 0 Å². The lowest BCUT2D eigenvalue weighted by Crippen LogP contribution is -2.41. The van der Waals surface area contributed by atoms with Gasteiger partial charge in [-0.3, -0.25) is 0 Å². The van der Waals surface area contributed by atoms with Crippen LogP contribution in [0, 0.1) is 5.82 Å². The van der Waals surface area contributed by atoms with Crippen molar-refractivity contribution in [3.8, 4) is 0 Å². The third-order valence-electron chi connectivity index (χ3n) is 4.66. The van der Waals surface area contributed by atoms with Gasteiger partial charge < -0.3 is 15.0 Å². The van der Waals surface area contributed by atoms with Crippen LogP contribution in [-0.2, 0) is 21.7 Å². The predicted molar refractivity (Wildman–Crippen MR) is 79.4 cm³/mol. The Hall–Kier alpha value is -1.33. The number of hydrogen-bond donors (Lipinski definition) is 1. The van der Waals surface area contributed by atoms with E-state index in [1.54, 1.807) is 27.7 Å². The molecule has 0 unspecified atom stereocenters. The second-order valence-corrected chi connectivity index (χ2v) is 7.07. The van der Waals surface area contributed by atoms with Gasteiger partial charge in [-0.05, 0) is 39.8 Å². The van der Waals surface area contributed by atoms with E-state index in [1.807, 2.05) is 0 Å². The predicted octanol–water partition coefficient (Wildman–Crippen LogP) is 4.49. The zero-order chi connectivity index (χ0) is 20.3. The van der Waals surface area contributed by atoms with Gasteiger partial charge in [-0.2, -0.15) is 26.3 Å². The molecular formula is C15H17BF7NO2. The SMILES string of the molecule is CC1(C)OB([C@@H](N)c2c(F)cc(C(F)(F)F)cc2C(F)(F)F)OC1(C)C. The number of halogens is 7. The normalized spacial score (nSPS) is 21.2. The van der Waals surface area contributed by atoms with Gasteiger partial charge in [-0.15, -0.1) is 0 Å². The second-order valence-electron chi connectivity index (χ2n) is 7.07. The van der Waals surface area contributed by atoms with Crippen molar-refractivity contribution in [2.75, 3.05) is 0 Å². The molecule has 3 nitrogen and oxygen atoms in total. The minimum atomic E-state index is -5.25. The van der Waals surface area contributed by atoms with E-state index in [4.69, 9.17) is 15.0 Å². The van der Waals surface area contributed by atoms with Crippen LogP contribution in [0.4, 0.5) is 30.7 Å². The highest BCUT2D eigenvalue weighted by molar-refractivity contribution is 6.47. The van der Waals surface area contributed by atoms with Crippen LogP contribution in [0.3, 0.4) is 0 Å². The van der Waals surface area contributed by atoms with Gasteiger partial charge in [-0.25, -0.2) is 4.39 Å². The maximum absolute atomic E-state index is 14.3. The number of alkyl halides is 6. The minimum Gasteiger partial charge on any atom is -0.402 e. The standard InChI is InChI=1S/C15H17BF7NO2/c1-12(2)13(3,4)26-16(25-12)11(24)10-8(15(21,22)23)5-7(6-9(10)17)14(18,19)20/h5-6,11H,24H2,1-4H3/t11-/m0/s1. The lowest BCUT2D eigenvalue weighted by molar-refractivity contribution is -0.143. The topological polar surface area (TPSA) is 44.5 Å². The number of hydrogen-bond acceptors (Lipinski definition) is 3. The fourth-order valence-electron chi connectivity index (χ4n) is 2.53. The molecule has 146 valence electrons. The summed E-state index contributed by atoms with van der Waals surface area (Å²) in [5.41, 5.74) is -0.901. The lowest BCUT2D eigenvalue weighted by atomic mass is 9.73. The van der Waals surface area contributed by atoms with E-state index in [0.717, 1.165) is 0 Å². The molecule has 0 bridgehead atoms. The van der Waals surface area contributed by atoms with E-state index < -0.39 is 59.1 Å². The van der Waals surface area contributed by atoms with E-state index >= 15 is 0 Å². The molecule has 0 aromatic heterocycles. The molecule has 1 aromatic carbocycles. The average Bonchev–Trinajstić information content (AvgIpc) is 2.63. The van der Waals surface area contributed by atoms with E-state index in [2.05, 4.69) is 0 Å². The van der Waals surface area contributed by atoms with Crippen LogP contribution in [0.25, 0.3) is 0 Å². The lowest BCUT2D eigenvalue weighted by Gasteiger charge is -2.32. The quantitative estimate of drug-likeness (QED) is 0.601. The van der Waals surface area contributed by atoms with Crippen LogP contribution in [0.1, 0.15) is 50.3 Å². The third-order valence-corrected chi connectivity index (χ3v) is 4.66. The highest BCUT2D eigenvalue weighted by Gasteiger charge is 2.55. The second kappa shape index (κ2) is 6.10. The Kier molecular flexibility index (Phi) is 4.92. The first-order valence-corrected chi connectivity index (χ1v) is 7.56. The van der Waals surface area contributed by atoms with Gasteiger partial charge >= 0.3 is 19.5 Å². The minimum absolute atomic E-state index is 0.0182. The van der Waals surface area contributed by atoms with E-state index in [0.29, 0.717) is 0 Å². The van der Waals surface area contributed by atoms with Gasteiger partial charge in [0.1, 0.15) is 5.82 Å². The fraction of sp³-hybridized carbons (Fsp3) is 0.600. The van der Waals surface area contributed by atoms with Crippen LogP contribution in [0.2, 0.25) is 0 Å². The molecule has 0 saturated carbocycles. The van der Waals surface area contributed by atoms with Crippen LogP contribution >= 0.6 is 0 Å². The molecule has 1 fully saturated rings. The van der Waals surface area contributed by atoms with Crippen molar-refractivity contribution in [1.29, 1.82) is 0 Å². The molecule has 26 heavy (non-hydrogen) atoms. The molecule has 0 spiro atoms. The fourth-order valence-corrected chi connectivity index (χ4v) is 2.53. The van der Waals surface area contributed by atoms with Crippen molar-refractivity contribution in [2.24, 2.45) is 5.73 Å². The van der Waals surface area contributed by atoms with Crippen molar-refractivity contribution in [1.82, 2.24) is 0 Å². The zero-order valence-electron chi connectivity index (χ0n) is 14.3. The summed E-state index contributed by atoms with van der Waals surface area (Å²) in [7, 11) is -1.47. The molecule has 1 atom stereocenters. The van der Waals surface area contributed by atoms with Gasteiger partial charge in [-0.1, -0.05) is 0 Å². The first kappa shape index (κ1) is 21.0. The van der Waals surface area contributed by atoms with Crippen molar-refractivity contribution in [3.63, 3.8) is 0 Å². The summed E-state index contributed by atoms with van der Waals surface area (Å²) in [6.45, 7) is 6.42. The molecule has 1 aliphatic rings. The first-order valence-electron chi connectivity index (χ1n) is 7.56. The summed E-state index contributed by atoms with van der Waals surface area (Å²) < 4.78 is 103. The maximum Gasteiger partial charge on any atom is 0.480 e. The average molecular weight is 387 g/mol. The summed E-state index contributed by atoms with van der Waals surface area (Å²) in [4.78, 5) is 0. The molecule has 0 aliphatic carbocycles. The Morgan fingerprint density at radius 1 is 0.923 bits per heavy atom. The molecular weight excluding hydrogens is 370 g/mol. The van der Waals surface area contributed by atoms with Gasteiger partial charge in [0.15, 0.2) is 0 Å². The summed E-state index contributed by atoms with van der Waals surface area (Å²) in [5, 5.41) is 0. The van der Waals surface area contributed by atoms with Crippen LogP contribution in [0.5, 0.6) is 0 Å². The molecule has 1 saturated heterocycles. The Bertz CT molecular complexity index is 684. The van der Waals surface area contributed by atoms with Gasteiger partial charge in [0.25, 0.3) is 0 Å². The highest BCUT2D eigenvalue weighted by atomic mass is 19.4. The van der Waals surface area contributed by atoms with Crippen molar-refractivity contribution < 1.29 is 40.0 Å². The zero-order valence-corrected chi connectivity index (χ0v) is 14.3. The van der Waals surface area contributed by atoms with Crippen molar-refractivity contribution in [2.45, 2.75) is 57.2 Å². The summed E-state index contributed by atoms with van der Waals surface area (Å²) in [6.07, 6.45) is -10.4. The van der Waals surface area contributed by atoms with Gasteiger partial charge in [0, 0.05) is 5.56 Å². The summed E-state index contributed by atoms with van der Waals surface area (Å²) in [5.74, 6) is -3.51. The summed E-state index contributed by atoms with van der Waals surface area (Å²) >= 11 is 0. The Morgan fingerprint density at radius 3 is 1.77 bits per heavy atom. The largest absolute Gasteiger partial charge is 0.480 e. The van der Waals surface area contributed by atoms with Gasteiger partial charge in [0.05, 0.1) is 28.3 Å². The van der Waals surface area contributed by atoms with Crippen molar-refractivity contribution >= 4 is 7.12 Å². The molecule has 11 heteroatoms.